The van der Waals surface area contributed by atoms with E-state index in [2.05, 4.69) is 48.8 Å². The molecule has 0 atom stereocenters. The number of nitrogens with one attached hydrogen (secondary N) is 1. The van der Waals surface area contributed by atoms with Crippen molar-refractivity contribution < 1.29 is 0 Å². The Kier molecular flexibility index (Phi) is 4.17. The zero-order valence-corrected chi connectivity index (χ0v) is 13.2. The van der Waals surface area contributed by atoms with Gasteiger partial charge in [0.05, 0.1) is 0 Å². The van der Waals surface area contributed by atoms with Crippen molar-refractivity contribution in [2.45, 2.75) is 45.2 Å². The highest BCUT2D eigenvalue weighted by molar-refractivity contribution is 9.10. The molecule has 0 aromatic carbocycles. The van der Waals surface area contributed by atoms with Crippen LogP contribution < -0.4 is 5.32 Å². The molecule has 0 radical (unpaired) electrons. The van der Waals surface area contributed by atoms with Gasteiger partial charge in [-0.3, -0.25) is 4.57 Å². The predicted molar refractivity (Wildman–Crippen MR) is 82.9 cm³/mol. The third-order valence-electron chi connectivity index (χ3n) is 3.49. The molecule has 1 aliphatic carbocycles. The van der Waals surface area contributed by atoms with Crippen molar-refractivity contribution in [1.29, 1.82) is 0 Å². The van der Waals surface area contributed by atoms with Crippen LogP contribution in [-0.4, -0.2) is 20.6 Å². The Balaban J connectivity index is 1.91. The quantitative estimate of drug-likeness (QED) is 0.881. The molecule has 3 rings (SSSR count). The molecular weight excluding hydrogens is 316 g/mol. The molecule has 1 saturated carbocycles. The van der Waals surface area contributed by atoms with Gasteiger partial charge in [0.25, 0.3) is 0 Å². The number of pyridine rings is 1. The van der Waals surface area contributed by atoms with E-state index in [1.165, 1.54) is 18.4 Å². The summed E-state index contributed by atoms with van der Waals surface area (Å²) in [6.45, 7) is 3.03. The molecule has 0 unspecified atom stereocenters. The summed E-state index contributed by atoms with van der Waals surface area (Å²) in [6, 6.07) is 2.84. The lowest BCUT2D eigenvalue weighted by molar-refractivity contribution is 0.678. The van der Waals surface area contributed by atoms with Crippen LogP contribution in [0.2, 0.25) is 0 Å². The molecule has 1 N–H and O–H groups in total. The number of rotatable bonds is 6. The van der Waals surface area contributed by atoms with Crippen LogP contribution >= 0.6 is 15.9 Å². The Bertz CT molecular complexity index is 589. The van der Waals surface area contributed by atoms with Gasteiger partial charge in [-0.1, -0.05) is 6.92 Å². The maximum Gasteiger partial charge on any atom is 0.142 e. The zero-order valence-electron chi connectivity index (χ0n) is 11.6. The Labute approximate surface area is 127 Å². The minimum absolute atomic E-state index is 0.694. The summed E-state index contributed by atoms with van der Waals surface area (Å²) in [5.74, 6) is 2.07. The van der Waals surface area contributed by atoms with Crippen LogP contribution in [0.5, 0.6) is 0 Å². The van der Waals surface area contributed by atoms with Gasteiger partial charge in [0.2, 0.25) is 0 Å². The second-order valence-electron chi connectivity index (χ2n) is 5.25. The first-order chi connectivity index (χ1) is 9.78. The van der Waals surface area contributed by atoms with Crippen molar-refractivity contribution in [3.8, 4) is 5.82 Å². The average Bonchev–Trinajstić information content (AvgIpc) is 3.16. The molecule has 2 aromatic rings. The molecule has 1 fully saturated rings. The first-order valence-corrected chi connectivity index (χ1v) is 7.97. The fourth-order valence-corrected chi connectivity index (χ4v) is 2.68. The van der Waals surface area contributed by atoms with Gasteiger partial charge < -0.3 is 5.32 Å². The maximum absolute atomic E-state index is 4.60. The normalized spacial score (nSPS) is 14.7. The third-order valence-corrected chi connectivity index (χ3v) is 3.92. The molecule has 0 aliphatic heterocycles. The highest BCUT2D eigenvalue weighted by Crippen LogP contribution is 2.22. The number of aryl methyl sites for hydroxylation is 1. The van der Waals surface area contributed by atoms with Crippen molar-refractivity contribution in [3.63, 3.8) is 0 Å². The van der Waals surface area contributed by atoms with Gasteiger partial charge in [-0.15, -0.1) is 0 Å². The second-order valence-corrected chi connectivity index (χ2v) is 6.17. The standard InChI is InChI=1S/C15H19BrN4/c1-2-3-14-17-6-7-20(14)15-11(8-12(16)10-19-15)9-18-13-4-5-13/h6-8,10,13,18H,2-5,9H2,1H3. The number of aromatic nitrogens is 3. The highest BCUT2D eigenvalue weighted by atomic mass is 79.9. The van der Waals surface area contributed by atoms with Gasteiger partial charge in [-0.2, -0.15) is 0 Å². The van der Waals surface area contributed by atoms with E-state index in [-0.39, 0.29) is 0 Å². The monoisotopic (exact) mass is 334 g/mol. The molecule has 0 amide bonds. The summed E-state index contributed by atoms with van der Waals surface area (Å²) in [5.41, 5.74) is 1.21. The van der Waals surface area contributed by atoms with Crippen molar-refractivity contribution in [2.75, 3.05) is 0 Å². The van der Waals surface area contributed by atoms with Crippen molar-refractivity contribution >= 4 is 15.9 Å². The minimum atomic E-state index is 0.694. The summed E-state index contributed by atoms with van der Waals surface area (Å²) in [4.78, 5) is 9.04. The van der Waals surface area contributed by atoms with Crippen molar-refractivity contribution in [1.82, 2.24) is 19.9 Å². The molecule has 5 heteroatoms. The van der Waals surface area contributed by atoms with E-state index in [9.17, 15) is 0 Å². The van der Waals surface area contributed by atoms with Crippen LogP contribution in [0.15, 0.2) is 29.1 Å². The number of nitrogens with zero attached hydrogens (tertiary/aromatic N) is 3. The topological polar surface area (TPSA) is 42.7 Å². The Morgan fingerprint density at radius 2 is 2.25 bits per heavy atom. The molecule has 106 valence electrons. The number of imidazole rings is 1. The minimum Gasteiger partial charge on any atom is -0.310 e. The van der Waals surface area contributed by atoms with E-state index in [4.69, 9.17) is 0 Å². The highest BCUT2D eigenvalue weighted by Gasteiger charge is 2.21. The van der Waals surface area contributed by atoms with Crippen LogP contribution in [0.25, 0.3) is 5.82 Å². The summed E-state index contributed by atoms with van der Waals surface area (Å²) in [7, 11) is 0. The lowest BCUT2D eigenvalue weighted by Gasteiger charge is -2.13. The molecular formula is C15H19BrN4. The Morgan fingerprint density at radius 3 is 3.00 bits per heavy atom. The fourth-order valence-electron chi connectivity index (χ4n) is 2.30. The SMILES string of the molecule is CCCc1nccn1-c1ncc(Br)cc1CNC1CC1. The first-order valence-electron chi connectivity index (χ1n) is 7.18. The van der Waals surface area contributed by atoms with Gasteiger partial charge in [0, 0.05) is 47.6 Å². The lowest BCUT2D eigenvalue weighted by Crippen LogP contribution is -2.18. The molecule has 0 spiro atoms. The maximum atomic E-state index is 4.60. The average molecular weight is 335 g/mol. The predicted octanol–water partition coefficient (Wildman–Crippen LogP) is 3.23. The molecule has 0 saturated heterocycles. The zero-order chi connectivity index (χ0) is 13.9. The number of hydrogen-bond acceptors (Lipinski definition) is 3. The van der Waals surface area contributed by atoms with Gasteiger partial charge in [0.1, 0.15) is 11.6 Å². The fraction of sp³-hybridized carbons (Fsp3) is 0.467. The Morgan fingerprint density at radius 1 is 1.40 bits per heavy atom. The summed E-state index contributed by atoms with van der Waals surface area (Å²) in [6.07, 6.45) is 10.4. The summed E-state index contributed by atoms with van der Waals surface area (Å²) in [5, 5.41) is 3.56. The third kappa shape index (κ3) is 3.10. The molecule has 1 aliphatic rings. The molecule has 2 heterocycles. The van der Waals surface area contributed by atoms with Crippen molar-refractivity contribution in [3.05, 3.63) is 40.5 Å². The van der Waals surface area contributed by atoms with Crippen LogP contribution in [0, 0.1) is 0 Å². The van der Waals surface area contributed by atoms with E-state index < -0.39 is 0 Å². The molecule has 20 heavy (non-hydrogen) atoms. The summed E-state index contributed by atoms with van der Waals surface area (Å²) >= 11 is 3.52. The van der Waals surface area contributed by atoms with Crippen molar-refractivity contribution in [2.24, 2.45) is 0 Å². The van der Waals surface area contributed by atoms with E-state index in [1.54, 1.807) is 0 Å². The van der Waals surface area contributed by atoms with E-state index in [0.29, 0.717) is 6.04 Å². The van der Waals surface area contributed by atoms with E-state index in [1.807, 2.05) is 18.6 Å². The van der Waals surface area contributed by atoms with Crippen LogP contribution in [0.3, 0.4) is 0 Å². The van der Waals surface area contributed by atoms with Gasteiger partial charge in [0.15, 0.2) is 0 Å². The van der Waals surface area contributed by atoms with Crippen LogP contribution in [0.1, 0.15) is 37.6 Å². The Hall–Kier alpha value is -1.20. The largest absolute Gasteiger partial charge is 0.310 e. The van der Waals surface area contributed by atoms with Gasteiger partial charge in [-0.25, -0.2) is 9.97 Å². The van der Waals surface area contributed by atoms with Gasteiger partial charge >= 0.3 is 0 Å². The molecule has 0 bridgehead atoms. The van der Waals surface area contributed by atoms with Crippen LogP contribution in [-0.2, 0) is 13.0 Å². The van der Waals surface area contributed by atoms with E-state index in [0.717, 1.165) is 35.5 Å². The second kappa shape index (κ2) is 6.06. The first kappa shape index (κ1) is 13.8. The molecule has 2 aromatic heterocycles. The molecule has 4 nitrogen and oxygen atoms in total. The van der Waals surface area contributed by atoms with E-state index >= 15 is 0 Å². The van der Waals surface area contributed by atoms with Gasteiger partial charge in [-0.05, 0) is 41.3 Å². The number of hydrogen-bond donors (Lipinski definition) is 1. The smallest absolute Gasteiger partial charge is 0.142 e. The summed E-state index contributed by atoms with van der Waals surface area (Å²) < 4.78 is 3.13. The lowest BCUT2D eigenvalue weighted by atomic mass is 10.2. The number of halogens is 1. The van der Waals surface area contributed by atoms with Crippen LogP contribution in [0.4, 0.5) is 0 Å².